The van der Waals surface area contributed by atoms with Crippen molar-refractivity contribution in [2.75, 3.05) is 20.5 Å². The fraction of sp³-hybridized carbons (Fsp3) is 0.923. The zero-order valence-electron chi connectivity index (χ0n) is 13.3. The molecule has 8 atom stereocenters. The Labute approximate surface area is 153 Å². The second-order valence-electron chi connectivity index (χ2n) is 6.81. The van der Waals surface area contributed by atoms with Crippen molar-refractivity contribution in [1.29, 1.82) is 0 Å². The van der Waals surface area contributed by atoms with E-state index < -0.39 is 67.4 Å². The number of alkyl halides is 2. The van der Waals surface area contributed by atoms with Crippen LogP contribution in [0, 0.1) is 11.8 Å². The van der Waals surface area contributed by atoms with Crippen molar-refractivity contribution in [3.05, 3.63) is 0 Å². The third-order valence-electron chi connectivity index (χ3n) is 5.94. The molecule has 2 bridgehead atoms. The third kappa shape index (κ3) is 1.53. The monoisotopic (exact) mass is 418 g/mol. The van der Waals surface area contributed by atoms with Gasteiger partial charge in [0.1, 0.15) is 12.2 Å². The lowest BCUT2D eigenvalue weighted by atomic mass is 9.77. The minimum Gasteiger partial charge on any atom is -0.388 e. The number of hydrogen-bond acceptors (Lipinski definition) is 9. The number of rotatable bonds is 4. The maximum atomic E-state index is 13.0. The number of halogens is 2. The summed E-state index contributed by atoms with van der Waals surface area (Å²) in [5.74, 6) is -7.66. The Morgan fingerprint density at radius 1 is 1.20 bits per heavy atom. The fourth-order valence-electron chi connectivity index (χ4n) is 5.31. The van der Waals surface area contributed by atoms with Crippen LogP contribution in [0.1, 0.15) is 0 Å². The van der Waals surface area contributed by atoms with E-state index in [1.54, 1.807) is 0 Å². The molecule has 0 aromatic carbocycles. The van der Waals surface area contributed by atoms with Crippen LogP contribution in [0.3, 0.4) is 0 Å². The molecule has 1 saturated heterocycles. The van der Waals surface area contributed by atoms with Crippen molar-refractivity contribution in [3.63, 3.8) is 0 Å². The predicted molar refractivity (Wildman–Crippen MR) is 81.5 cm³/mol. The molecule has 0 spiro atoms. The maximum absolute atomic E-state index is 13.0. The largest absolute Gasteiger partial charge is 0.388 e. The van der Waals surface area contributed by atoms with Gasteiger partial charge in [-0.3, -0.25) is 8.98 Å². The van der Waals surface area contributed by atoms with Crippen molar-refractivity contribution >= 4 is 39.1 Å². The summed E-state index contributed by atoms with van der Waals surface area (Å²) in [7, 11) is -1.61. The van der Waals surface area contributed by atoms with E-state index in [1.807, 2.05) is 0 Å². The summed E-state index contributed by atoms with van der Waals surface area (Å²) in [6.45, 7) is 0. The van der Waals surface area contributed by atoms with Gasteiger partial charge in [0.25, 0.3) is 15.9 Å². The van der Waals surface area contributed by atoms with Gasteiger partial charge in [-0.2, -0.15) is 8.42 Å². The number of carbonyl (C=O) groups is 1. The number of aliphatic hydroxyl groups is 2. The van der Waals surface area contributed by atoms with Crippen LogP contribution in [0.5, 0.6) is 0 Å². The van der Waals surface area contributed by atoms with E-state index in [2.05, 4.69) is 0 Å². The van der Waals surface area contributed by atoms with Crippen molar-refractivity contribution < 1.29 is 41.8 Å². The van der Waals surface area contributed by atoms with E-state index in [4.69, 9.17) is 41.6 Å². The van der Waals surface area contributed by atoms with Crippen molar-refractivity contribution in [1.82, 2.24) is 0 Å². The van der Waals surface area contributed by atoms with Gasteiger partial charge in [0.05, 0.1) is 12.4 Å². The first-order chi connectivity index (χ1) is 11.4. The molecule has 4 rings (SSSR count). The Kier molecular flexibility index (Phi) is 3.43. The number of Topliss-reactive ketones (excluding diaryl/α,β-unsaturated/α-hetero) is 1. The molecule has 2 N–H and O–H groups in total. The molecule has 9 nitrogen and oxygen atoms in total. The average Bonchev–Trinajstić information content (AvgIpc) is 2.99. The minimum atomic E-state index is -4.00. The van der Waals surface area contributed by atoms with Crippen LogP contribution in [0.2, 0.25) is 0 Å². The van der Waals surface area contributed by atoms with Crippen LogP contribution < -0.4 is 0 Å². The molecule has 4 aliphatic rings. The zero-order valence-corrected chi connectivity index (χ0v) is 15.6. The molecule has 3 saturated carbocycles. The molecule has 0 unspecified atom stereocenters. The van der Waals surface area contributed by atoms with Crippen molar-refractivity contribution in [2.24, 2.45) is 11.8 Å². The van der Waals surface area contributed by atoms with Crippen LogP contribution in [-0.4, -0.2) is 84.5 Å². The van der Waals surface area contributed by atoms with Crippen LogP contribution in [0.15, 0.2) is 0 Å². The second-order valence-corrected chi connectivity index (χ2v) is 9.60. The highest BCUT2D eigenvalue weighted by atomic mass is 35.5. The first kappa shape index (κ1) is 18.3. The van der Waals surface area contributed by atoms with Gasteiger partial charge < -0.3 is 24.4 Å². The van der Waals surface area contributed by atoms with Crippen LogP contribution in [-0.2, 0) is 33.3 Å². The Bertz CT molecular complexity index is 769. The molecule has 1 aliphatic heterocycles. The quantitative estimate of drug-likeness (QED) is 0.320. The Morgan fingerprint density at radius 2 is 1.76 bits per heavy atom. The zero-order chi connectivity index (χ0) is 18.8. The molecule has 1 heterocycles. The summed E-state index contributed by atoms with van der Waals surface area (Å²) in [5, 5.41) is 21.4. The summed E-state index contributed by atoms with van der Waals surface area (Å²) < 4.78 is 44.5. The van der Waals surface area contributed by atoms with Crippen molar-refractivity contribution in [2.45, 2.75) is 39.6 Å². The predicted octanol–water partition coefficient (Wildman–Crippen LogP) is -1.43. The first-order valence-corrected chi connectivity index (χ1v) is 9.94. The molecule has 142 valence electrons. The van der Waals surface area contributed by atoms with Gasteiger partial charge in [-0.25, -0.2) is 0 Å². The number of methoxy groups -OCH3 is 2. The molecule has 4 fully saturated rings. The lowest BCUT2D eigenvalue weighted by Gasteiger charge is -2.40. The van der Waals surface area contributed by atoms with E-state index in [0.29, 0.717) is 0 Å². The van der Waals surface area contributed by atoms with Gasteiger partial charge in [0.2, 0.25) is 11.6 Å². The molecule has 0 aromatic heterocycles. The Balaban J connectivity index is 1.98. The Morgan fingerprint density at radius 3 is 2.24 bits per heavy atom. The Hall–Kier alpha value is -0.0400. The lowest BCUT2D eigenvalue weighted by Crippen LogP contribution is -2.60. The highest BCUT2D eigenvalue weighted by Gasteiger charge is 3.01. The van der Waals surface area contributed by atoms with Gasteiger partial charge in [-0.15, -0.1) is 23.2 Å². The highest BCUT2D eigenvalue weighted by molar-refractivity contribution is 7.86. The summed E-state index contributed by atoms with van der Waals surface area (Å²) in [6.07, 6.45) is -3.27. The molecule has 0 aromatic rings. The van der Waals surface area contributed by atoms with Gasteiger partial charge in [0.15, 0.2) is 9.75 Å². The van der Waals surface area contributed by atoms with Crippen molar-refractivity contribution in [3.8, 4) is 0 Å². The summed E-state index contributed by atoms with van der Waals surface area (Å²) in [4.78, 5) is 8.86. The highest BCUT2D eigenvalue weighted by Crippen LogP contribution is 2.79. The van der Waals surface area contributed by atoms with E-state index in [0.717, 1.165) is 6.26 Å². The van der Waals surface area contributed by atoms with Crippen LogP contribution in [0.25, 0.3) is 0 Å². The van der Waals surface area contributed by atoms with E-state index in [9.17, 15) is 23.4 Å². The standard InChI is InChI=1S/C13H16Cl2O9S/c1-21-13(22-2)10(14)4-5-7(6(16)8(4)24-25(3,19)20)23-12(18,9(10)17)11(5,13)15/h4-8,16,18H,1-3H3/t4-,5+,6-,7-,8+,10+,11-,12-/m1/s1. The molecule has 0 radical (unpaired) electrons. The third-order valence-corrected chi connectivity index (χ3v) is 7.94. The second kappa shape index (κ2) is 4.68. The number of ketones is 1. The molecule has 3 aliphatic carbocycles. The van der Waals surface area contributed by atoms with Crippen LogP contribution in [0.4, 0.5) is 0 Å². The average molecular weight is 419 g/mol. The number of carbonyl (C=O) groups excluding carboxylic acids is 1. The number of aliphatic hydroxyl groups excluding tert-OH is 1. The van der Waals surface area contributed by atoms with Crippen LogP contribution >= 0.6 is 23.2 Å². The summed E-state index contributed by atoms with van der Waals surface area (Å²) in [5.41, 5.74) is 0. The normalized spacial score (nSPS) is 55.3. The maximum Gasteiger partial charge on any atom is 0.264 e. The fourth-order valence-corrected chi connectivity index (χ4v) is 7.38. The minimum absolute atomic E-state index is 0.803. The summed E-state index contributed by atoms with van der Waals surface area (Å²) in [6, 6.07) is 0. The number of ether oxygens (including phenoxy) is 3. The molecular formula is C13H16Cl2O9S. The molecule has 25 heavy (non-hydrogen) atoms. The van der Waals surface area contributed by atoms with Gasteiger partial charge >= 0.3 is 0 Å². The van der Waals surface area contributed by atoms with E-state index >= 15 is 0 Å². The first-order valence-electron chi connectivity index (χ1n) is 7.37. The van der Waals surface area contributed by atoms with E-state index in [-0.39, 0.29) is 0 Å². The molecular weight excluding hydrogens is 403 g/mol. The molecule has 12 heteroatoms. The number of hydrogen-bond donors (Lipinski definition) is 2. The van der Waals surface area contributed by atoms with Gasteiger partial charge in [-0.05, 0) is 0 Å². The van der Waals surface area contributed by atoms with E-state index in [1.165, 1.54) is 14.2 Å². The van der Waals surface area contributed by atoms with Gasteiger partial charge in [-0.1, -0.05) is 0 Å². The summed E-state index contributed by atoms with van der Waals surface area (Å²) >= 11 is 13.3. The number of fused-ring (bicyclic) bond motifs is 2. The topological polar surface area (TPSA) is 129 Å². The lowest BCUT2D eigenvalue weighted by molar-refractivity contribution is -0.253. The molecule has 0 amide bonds. The van der Waals surface area contributed by atoms with Gasteiger partial charge in [0, 0.05) is 26.1 Å². The SMILES string of the molecule is COC1(OC)[C@@]2(Cl)C(=O)[C@@]3(O)O[C@H]4[C@@H](O)[C@@H](OS(C)(=O)=O)[C@H]2[C@@H]4[C@]13Cl. The smallest absolute Gasteiger partial charge is 0.264 e.